The summed E-state index contributed by atoms with van der Waals surface area (Å²) in [5.41, 5.74) is 1.19. The molecule has 1 aliphatic heterocycles. The number of thiophene rings is 1. The summed E-state index contributed by atoms with van der Waals surface area (Å²) in [4.78, 5) is 15.9. The first-order chi connectivity index (χ1) is 10.6. The van der Waals surface area contributed by atoms with E-state index in [2.05, 4.69) is 39.0 Å². The normalized spacial score (nSPS) is 19.2. The molecule has 1 aromatic carbocycles. The van der Waals surface area contributed by atoms with E-state index in [1.165, 1.54) is 15.3 Å². The van der Waals surface area contributed by atoms with Crippen molar-refractivity contribution in [2.24, 2.45) is 0 Å². The van der Waals surface area contributed by atoms with Gasteiger partial charge in [0.25, 0.3) is 0 Å². The number of hydrogen-bond donors (Lipinski definition) is 1. The second-order valence-corrected chi connectivity index (χ2v) is 7.59. The molecule has 0 aliphatic carbocycles. The summed E-state index contributed by atoms with van der Waals surface area (Å²) < 4.78 is 1.09. The summed E-state index contributed by atoms with van der Waals surface area (Å²) in [6, 6.07) is 12.1. The number of piperidine rings is 1. The summed E-state index contributed by atoms with van der Waals surface area (Å²) in [6.45, 7) is 1.60. The number of halogens is 1. The van der Waals surface area contributed by atoms with Gasteiger partial charge >= 0.3 is 5.97 Å². The van der Waals surface area contributed by atoms with Crippen LogP contribution in [0.25, 0.3) is 10.4 Å². The van der Waals surface area contributed by atoms with Gasteiger partial charge in [0.2, 0.25) is 0 Å². The highest BCUT2D eigenvalue weighted by molar-refractivity contribution is 9.10. The minimum atomic E-state index is -0.692. The van der Waals surface area contributed by atoms with Crippen molar-refractivity contribution in [3.05, 3.63) is 45.7 Å². The van der Waals surface area contributed by atoms with E-state index in [1.54, 1.807) is 11.3 Å². The molecule has 3 rings (SSSR count). The van der Waals surface area contributed by atoms with Gasteiger partial charge in [0.15, 0.2) is 0 Å². The average molecular weight is 380 g/mol. The van der Waals surface area contributed by atoms with E-state index < -0.39 is 5.97 Å². The largest absolute Gasteiger partial charge is 0.480 e. The molecule has 0 spiro atoms. The molecule has 1 atom stereocenters. The fourth-order valence-corrected chi connectivity index (χ4v) is 4.63. The molecule has 5 heteroatoms. The highest BCUT2D eigenvalue weighted by Crippen LogP contribution is 2.34. The number of benzene rings is 1. The monoisotopic (exact) mass is 379 g/mol. The van der Waals surface area contributed by atoms with Gasteiger partial charge in [-0.05, 0) is 37.6 Å². The van der Waals surface area contributed by atoms with E-state index in [1.807, 2.05) is 18.2 Å². The number of hydrogen-bond acceptors (Lipinski definition) is 3. The molecule has 2 aromatic rings. The summed E-state index contributed by atoms with van der Waals surface area (Å²) in [6.07, 6.45) is 2.87. The topological polar surface area (TPSA) is 40.5 Å². The molecule has 1 aliphatic rings. The zero-order valence-electron chi connectivity index (χ0n) is 12.2. The third kappa shape index (κ3) is 3.42. The molecule has 2 heterocycles. The van der Waals surface area contributed by atoms with Crippen LogP contribution in [0.3, 0.4) is 0 Å². The Morgan fingerprint density at radius 1 is 1.27 bits per heavy atom. The Kier molecular flexibility index (Phi) is 4.96. The first-order valence-electron chi connectivity index (χ1n) is 7.45. The number of carbonyl (C=O) groups is 1. The van der Waals surface area contributed by atoms with Crippen LogP contribution in [0.5, 0.6) is 0 Å². The average Bonchev–Trinajstić information content (AvgIpc) is 2.96. The lowest BCUT2D eigenvalue weighted by atomic mass is 10.0. The van der Waals surface area contributed by atoms with Crippen LogP contribution in [0.2, 0.25) is 0 Å². The van der Waals surface area contributed by atoms with E-state index >= 15 is 0 Å². The van der Waals surface area contributed by atoms with Gasteiger partial charge in [-0.3, -0.25) is 9.69 Å². The van der Waals surface area contributed by atoms with Gasteiger partial charge in [0.05, 0.1) is 0 Å². The van der Waals surface area contributed by atoms with Crippen LogP contribution >= 0.6 is 27.3 Å². The van der Waals surface area contributed by atoms with Crippen LogP contribution in [-0.4, -0.2) is 28.6 Å². The maximum atomic E-state index is 11.4. The van der Waals surface area contributed by atoms with Gasteiger partial charge in [0, 0.05) is 26.3 Å². The molecule has 116 valence electrons. The first-order valence-corrected chi connectivity index (χ1v) is 9.06. The van der Waals surface area contributed by atoms with Crippen molar-refractivity contribution in [1.82, 2.24) is 4.90 Å². The highest BCUT2D eigenvalue weighted by Gasteiger charge is 2.28. The minimum Gasteiger partial charge on any atom is -0.480 e. The van der Waals surface area contributed by atoms with Gasteiger partial charge in [-0.15, -0.1) is 11.3 Å². The molecule has 0 saturated carbocycles. The standard InChI is InChI=1S/C17H18BrNO2S/c18-14-6-2-1-5-13(14)16-9-8-12(22-16)11-19-10-4-3-7-15(19)17(20)21/h1-2,5-6,8-9,15H,3-4,7,10-11H2,(H,20,21). The van der Waals surface area contributed by atoms with Crippen LogP contribution in [0.1, 0.15) is 24.1 Å². The maximum Gasteiger partial charge on any atom is 0.320 e. The highest BCUT2D eigenvalue weighted by atomic mass is 79.9. The predicted molar refractivity (Wildman–Crippen MR) is 93.1 cm³/mol. The Hall–Kier alpha value is -1.17. The lowest BCUT2D eigenvalue weighted by Gasteiger charge is -2.32. The van der Waals surface area contributed by atoms with Crippen molar-refractivity contribution in [2.45, 2.75) is 31.8 Å². The summed E-state index contributed by atoms with van der Waals surface area (Å²) >= 11 is 5.33. The van der Waals surface area contributed by atoms with E-state index in [4.69, 9.17) is 0 Å². The lowest BCUT2D eigenvalue weighted by Crippen LogP contribution is -2.43. The Labute approximate surface area is 142 Å². The molecule has 1 saturated heterocycles. The number of likely N-dealkylation sites (tertiary alicyclic amines) is 1. The number of aliphatic carboxylic acids is 1. The van der Waals surface area contributed by atoms with E-state index in [9.17, 15) is 9.90 Å². The van der Waals surface area contributed by atoms with Gasteiger partial charge in [-0.2, -0.15) is 0 Å². The van der Waals surface area contributed by atoms with Crippen LogP contribution in [0.15, 0.2) is 40.9 Å². The molecule has 1 fully saturated rings. The van der Waals surface area contributed by atoms with E-state index in [-0.39, 0.29) is 6.04 Å². The Morgan fingerprint density at radius 2 is 2.09 bits per heavy atom. The number of carboxylic acid groups (broad SMARTS) is 1. The molecule has 0 amide bonds. The van der Waals surface area contributed by atoms with Gasteiger partial charge in [-0.1, -0.05) is 40.5 Å². The van der Waals surface area contributed by atoms with Crippen molar-refractivity contribution < 1.29 is 9.90 Å². The van der Waals surface area contributed by atoms with Crippen LogP contribution in [-0.2, 0) is 11.3 Å². The third-order valence-corrected chi connectivity index (χ3v) is 5.85. The van der Waals surface area contributed by atoms with Gasteiger partial charge in [-0.25, -0.2) is 0 Å². The summed E-state index contributed by atoms with van der Waals surface area (Å²) in [5.74, 6) is -0.692. The van der Waals surface area contributed by atoms with Crippen LogP contribution in [0, 0.1) is 0 Å². The third-order valence-electron chi connectivity index (χ3n) is 4.06. The lowest BCUT2D eigenvalue weighted by molar-refractivity contribution is -0.144. The molecule has 0 radical (unpaired) electrons. The zero-order chi connectivity index (χ0) is 15.5. The molecule has 1 unspecified atom stereocenters. The zero-order valence-corrected chi connectivity index (χ0v) is 14.6. The van der Waals surface area contributed by atoms with Crippen LogP contribution < -0.4 is 0 Å². The second kappa shape index (κ2) is 6.94. The summed E-state index contributed by atoms with van der Waals surface area (Å²) in [7, 11) is 0. The number of carboxylic acids is 1. The van der Waals surface area contributed by atoms with Gasteiger partial charge < -0.3 is 5.11 Å². The first kappa shape index (κ1) is 15.7. The quantitative estimate of drug-likeness (QED) is 0.842. The Bertz CT molecular complexity index is 670. The Morgan fingerprint density at radius 3 is 2.86 bits per heavy atom. The van der Waals surface area contributed by atoms with E-state index in [0.717, 1.165) is 36.8 Å². The SMILES string of the molecule is O=C(O)C1CCCCN1Cc1ccc(-c2ccccc2Br)s1. The van der Waals surface area contributed by atoms with Gasteiger partial charge in [0.1, 0.15) is 6.04 Å². The fourth-order valence-electron chi connectivity index (χ4n) is 2.93. The van der Waals surface area contributed by atoms with Crippen molar-refractivity contribution in [3.8, 4) is 10.4 Å². The fraction of sp³-hybridized carbons (Fsp3) is 0.353. The molecule has 1 N–H and O–H groups in total. The molecule has 1 aromatic heterocycles. The van der Waals surface area contributed by atoms with Crippen LogP contribution in [0.4, 0.5) is 0 Å². The Balaban J connectivity index is 1.77. The molecule has 22 heavy (non-hydrogen) atoms. The smallest absolute Gasteiger partial charge is 0.320 e. The minimum absolute atomic E-state index is 0.331. The molecule has 0 bridgehead atoms. The second-order valence-electron chi connectivity index (χ2n) is 5.57. The van der Waals surface area contributed by atoms with Crippen molar-refractivity contribution in [3.63, 3.8) is 0 Å². The molecular weight excluding hydrogens is 362 g/mol. The maximum absolute atomic E-state index is 11.4. The van der Waals surface area contributed by atoms with Crippen molar-refractivity contribution in [2.75, 3.05) is 6.54 Å². The number of rotatable bonds is 4. The number of nitrogens with zero attached hydrogens (tertiary/aromatic N) is 1. The van der Waals surface area contributed by atoms with E-state index in [0.29, 0.717) is 0 Å². The predicted octanol–water partition coefficient (Wildman–Crippen LogP) is 4.62. The molecular formula is C17H18BrNO2S. The molecule has 3 nitrogen and oxygen atoms in total. The summed E-state index contributed by atoms with van der Waals surface area (Å²) in [5, 5.41) is 9.36. The van der Waals surface area contributed by atoms with Crippen molar-refractivity contribution in [1.29, 1.82) is 0 Å². The van der Waals surface area contributed by atoms with Crippen molar-refractivity contribution >= 4 is 33.2 Å².